The van der Waals surface area contributed by atoms with Crippen molar-refractivity contribution in [2.24, 2.45) is 5.10 Å². The standard InChI is InChI=1S/C24H23BrN2O3S/c1-17(31-20-11-7-4-8-12-20)24(28)27-26-15-19-13-21(25)23(22(14-19)29-2)30-16-18-9-5-3-6-10-18/h3-15,17H,16H2,1-2H3,(H,27,28)/b26-15-/t17-/m0/s1. The maximum atomic E-state index is 12.3. The lowest BCUT2D eigenvalue weighted by atomic mass is 10.2. The van der Waals surface area contributed by atoms with E-state index in [2.05, 4.69) is 26.5 Å². The molecule has 3 rings (SSSR count). The van der Waals surface area contributed by atoms with Gasteiger partial charge in [-0.15, -0.1) is 11.8 Å². The predicted molar refractivity (Wildman–Crippen MR) is 129 cm³/mol. The number of benzene rings is 3. The molecular formula is C24H23BrN2O3S. The summed E-state index contributed by atoms with van der Waals surface area (Å²) < 4.78 is 12.2. The van der Waals surface area contributed by atoms with Crippen LogP contribution < -0.4 is 14.9 Å². The number of rotatable bonds is 9. The number of amides is 1. The van der Waals surface area contributed by atoms with Crippen molar-refractivity contribution in [1.29, 1.82) is 0 Å². The number of hydrazone groups is 1. The summed E-state index contributed by atoms with van der Waals surface area (Å²) in [4.78, 5) is 13.3. The molecule has 1 N–H and O–H groups in total. The molecule has 3 aromatic rings. The maximum Gasteiger partial charge on any atom is 0.253 e. The number of carbonyl (C=O) groups is 1. The van der Waals surface area contributed by atoms with Gasteiger partial charge in [-0.05, 0) is 58.2 Å². The van der Waals surface area contributed by atoms with Crippen LogP contribution in [0.2, 0.25) is 0 Å². The van der Waals surface area contributed by atoms with Crippen LogP contribution in [0.4, 0.5) is 0 Å². The Hall–Kier alpha value is -2.77. The van der Waals surface area contributed by atoms with Crippen LogP contribution in [-0.2, 0) is 11.4 Å². The minimum Gasteiger partial charge on any atom is -0.493 e. The SMILES string of the molecule is COc1cc(/C=N\NC(=O)[C@H](C)Sc2ccccc2)cc(Br)c1OCc1ccccc1. The van der Waals surface area contributed by atoms with Gasteiger partial charge in [0.15, 0.2) is 11.5 Å². The molecule has 0 bridgehead atoms. The van der Waals surface area contributed by atoms with E-state index in [4.69, 9.17) is 9.47 Å². The van der Waals surface area contributed by atoms with Gasteiger partial charge in [0.25, 0.3) is 5.91 Å². The minimum absolute atomic E-state index is 0.168. The lowest BCUT2D eigenvalue weighted by molar-refractivity contribution is -0.120. The Morgan fingerprint density at radius 1 is 1.13 bits per heavy atom. The van der Waals surface area contributed by atoms with E-state index in [-0.39, 0.29) is 11.2 Å². The van der Waals surface area contributed by atoms with Crippen LogP contribution in [0.25, 0.3) is 0 Å². The molecule has 5 nitrogen and oxygen atoms in total. The van der Waals surface area contributed by atoms with Crippen molar-refractivity contribution in [2.75, 3.05) is 7.11 Å². The molecule has 3 aromatic carbocycles. The molecule has 0 radical (unpaired) electrons. The summed E-state index contributed by atoms with van der Waals surface area (Å²) in [7, 11) is 1.59. The van der Waals surface area contributed by atoms with E-state index in [0.717, 1.165) is 20.5 Å². The summed E-state index contributed by atoms with van der Waals surface area (Å²) in [6.07, 6.45) is 1.58. The van der Waals surface area contributed by atoms with Crippen LogP contribution >= 0.6 is 27.7 Å². The van der Waals surface area contributed by atoms with E-state index >= 15 is 0 Å². The predicted octanol–water partition coefficient (Wildman–Crippen LogP) is 5.67. The molecule has 0 aliphatic heterocycles. The minimum atomic E-state index is -0.269. The summed E-state index contributed by atoms with van der Waals surface area (Å²) in [6, 6.07) is 23.4. The van der Waals surface area contributed by atoms with Gasteiger partial charge in [-0.2, -0.15) is 5.10 Å². The molecule has 0 saturated heterocycles. The highest BCUT2D eigenvalue weighted by Gasteiger charge is 2.14. The molecule has 160 valence electrons. The van der Waals surface area contributed by atoms with Crippen molar-refractivity contribution < 1.29 is 14.3 Å². The van der Waals surface area contributed by atoms with Crippen LogP contribution in [0.5, 0.6) is 11.5 Å². The highest BCUT2D eigenvalue weighted by Crippen LogP contribution is 2.36. The molecule has 0 saturated carbocycles. The fourth-order valence-corrected chi connectivity index (χ4v) is 4.16. The first-order valence-electron chi connectivity index (χ1n) is 9.65. The fraction of sp³-hybridized carbons (Fsp3) is 0.167. The molecule has 0 aromatic heterocycles. The number of nitrogens with zero attached hydrogens (tertiary/aromatic N) is 1. The van der Waals surface area contributed by atoms with Crippen molar-refractivity contribution in [1.82, 2.24) is 5.43 Å². The zero-order valence-electron chi connectivity index (χ0n) is 17.2. The third kappa shape index (κ3) is 6.87. The van der Waals surface area contributed by atoms with E-state index in [9.17, 15) is 4.79 Å². The summed E-state index contributed by atoms with van der Waals surface area (Å²) in [5.41, 5.74) is 4.42. The van der Waals surface area contributed by atoms with Gasteiger partial charge in [-0.3, -0.25) is 4.79 Å². The Morgan fingerprint density at radius 2 is 1.81 bits per heavy atom. The monoisotopic (exact) mass is 498 g/mol. The molecule has 31 heavy (non-hydrogen) atoms. The second kappa shape index (κ2) is 11.6. The first-order chi connectivity index (χ1) is 15.1. The lowest BCUT2D eigenvalue weighted by Gasteiger charge is -2.13. The number of hydrogen-bond donors (Lipinski definition) is 1. The molecule has 1 amide bonds. The molecule has 0 spiro atoms. The molecule has 0 fully saturated rings. The van der Waals surface area contributed by atoms with Gasteiger partial charge in [-0.1, -0.05) is 48.5 Å². The second-order valence-electron chi connectivity index (χ2n) is 6.62. The maximum absolute atomic E-state index is 12.3. The highest BCUT2D eigenvalue weighted by molar-refractivity contribution is 9.10. The molecule has 1 atom stereocenters. The molecule has 0 heterocycles. The first kappa shape index (κ1) is 22.9. The van der Waals surface area contributed by atoms with E-state index in [1.165, 1.54) is 11.8 Å². The number of thioether (sulfide) groups is 1. The molecule has 7 heteroatoms. The number of nitrogens with one attached hydrogen (secondary N) is 1. The molecule has 0 aliphatic carbocycles. The van der Waals surface area contributed by atoms with Crippen LogP contribution in [-0.4, -0.2) is 24.5 Å². The fourth-order valence-electron chi connectivity index (χ4n) is 2.70. The van der Waals surface area contributed by atoms with Crippen LogP contribution in [0.15, 0.2) is 87.3 Å². The van der Waals surface area contributed by atoms with Crippen molar-refractivity contribution in [3.05, 3.63) is 88.4 Å². The van der Waals surface area contributed by atoms with Crippen LogP contribution in [0, 0.1) is 0 Å². The van der Waals surface area contributed by atoms with Gasteiger partial charge < -0.3 is 9.47 Å². The quantitative estimate of drug-likeness (QED) is 0.234. The normalized spacial score (nSPS) is 11.8. The third-order valence-corrected chi connectivity index (χ3v) is 5.99. The number of methoxy groups -OCH3 is 1. The first-order valence-corrected chi connectivity index (χ1v) is 11.3. The van der Waals surface area contributed by atoms with E-state index < -0.39 is 0 Å². The van der Waals surface area contributed by atoms with Gasteiger partial charge in [0.05, 0.1) is 23.0 Å². The van der Waals surface area contributed by atoms with E-state index in [0.29, 0.717) is 18.1 Å². The molecular weight excluding hydrogens is 476 g/mol. The number of carbonyl (C=O) groups excluding carboxylic acids is 1. The lowest BCUT2D eigenvalue weighted by Crippen LogP contribution is -2.26. The topological polar surface area (TPSA) is 59.9 Å². The second-order valence-corrected chi connectivity index (χ2v) is 8.88. The van der Waals surface area contributed by atoms with Gasteiger partial charge in [0, 0.05) is 4.90 Å². The van der Waals surface area contributed by atoms with Gasteiger partial charge in [-0.25, -0.2) is 5.43 Å². The Morgan fingerprint density at radius 3 is 2.48 bits per heavy atom. The van der Waals surface area contributed by atoms with Crippen LogP contribution in [0.1, 0.15) is 18.1 Å². The number of hydrogen-bond acceptors (Lipinski definition) is 5. The Balaban J connectivity index is 1.61. The van der Waals surface area contributed by atoms with Crippen LogP contribution in [0.3, 0.4) is 0 Å². The average Bonchev–Trinajstić information content (AvgIpc) is 2.79. The van der Waals surface area contributed by atoms with Crippen molar-refractivity contribution >= 4 is 39.8 Å². The zero-order valence-corrected chi connectivity index (χ0v) is 19.7. The third-order valence-electron chi connectivity index (χ3n) is 4.29. The van der Waals surface area contributed by atoms with Gasteiger partial charge in [0.2, 0.25) is 0 Å². The smallest absolute Gasteiger partial charge is 0.253 e. The van der Waals surface area contributed by atoms with Crippen molar-refractivity contribution in [3.63, 3.8) is 0 Å². The van der Waals surface area contributed by atoms with E-state index in [1.807, 2.05) is 79.7 Å². The Kier molecular flexibility index (Phi) is 8.55. The molecule has 0 unspecified atom stereocenters. The Bertz CT molecular complexity index is 1030. The van der Waals surface area contributed by atoms with Crippen molar-refractivity contribution in [2.45, 2.75) is 23.7 Å². The highest BCUT2D eigenvalue weighted by atomic mass is 79.9. The van der Waals surface area contributed by atoms with E-state index in [1.54, 1.807) is 13.3 Å². The summed E-state index contributed by atoms with van der Waals surface area (Å²) in [6.45, 7) is 2.28. The van der Waals surface area contributed by atoms with Gasteiger partial charge >= 0.3 is 0 Å². The Labute approximate surface area is 195 Å². The number of ether oxygens (including phenoxy) is 2. The van der Waals surface area contributed by atoms with Crippen molar-refractivity contribution in [3.8, 4) is 11.5 Å². The summed E-state index contributed by atoms with van der Waals surface area (Å²) >= 11 is 5.02. The molecule has 0 aliphatic rings. The van der Waals surface area contributed by atoms with Gasteiger partial charge in [0.1, 0.15) is 6.61 Å². The summed E-state index contributed by atoms with van der Waals surface area (Å²) in [5, 5.41) is 3.82. The number of halogens is 1. The largest absolute Gasteiger partial charge is 0.493 e. The average molecular weight is 499 g/mol. The zero-order chi connectivity index (χ0) is 22.1. The summed E-state index contributed by atoms with van der Waals surface area (Å²) in [5.74, 6) is 1.02.